The van der Waals surface area contributed by atoms with Crippen LogP contribution in [-0.4, -0.2) is 21.9 Å². The summed E-state index contributed by atoms with van der Waals surface area (Å²) < 4.78 is 0. The zero-order chi connectivity index (χ0) is 18.9. The van der Waals surface area contributed by atoms with Crippen molar-refractivity contribution in [2.45, 2.75) is 51.0 Å². The van der Waals surface area contributed by atoms with Gasteiger partial charge in [0.15, 0.2) is 0 Å². The number of halogens is 1. The Kier molecular flexibility index (Phi) is 5.97. The van der Waals surface area contributed by atoms with Gasteiger partial charge >= 0.3 is 0 Å². The lowest BCUT2D eigenvalue weighted by Gasteiger charge is -2.29. The smallest absolute Gasteiger partial charge is 0.227 e. The SMILES string of the molecule is Cl.O=C1CCCc2cc(-c3csc(-c4ccncc4)n3)ccc2N1C1CCCC1. The molecule has 0 radical (unpaired) electrons. The molecule has 1 aromatic carbocycles. The molecule has 150 valence electrons. The van der Waals surface area contributed by atoms with Gasteiger partial charge in [-0.15, -0.1) is 23.7 Å². The summed E-state index contributed by atoms with van der Waals surface area (Å²) in [5.74, 6) is 0.298. The van der Waals surface area contributed by atoms with E-state index < -0.39 is 0 Å². The average Bonchev–Trinajstić information content (AvgIpc) is 3.40. The second kappa shape index (κ2) is 8.64. The van der Waals surface area contributed by atoms with Crippen molar-refractivity contribution in [3.05, 3.63) is 53.7 Å². The number of hydrogen-bond acceptors (Lipinski definition) is 4. The van der Waals surface area contributed by atoms with E-state index in [1.807, 2.05) is 12.1 Å². The fourth-order valence-corrected chi connectivity index (χ4v) is 5.30. The Morgan fingerprint density at radius 1 is 0.966 bits per heavy atom. The first-order valence-electron chi connectivity index (χ1n) is 10.1. The molecule has 2 aliphatic rings. The van der Waals surface area contributed by atoms with E-state index in [9.17, 15) is 4.79 Å². The van der Waals surface area contributed by atoms with E-state index in [0.717, 1.165) is 53.2 Å². The molecule has 1 saturated carbocycles. The standard InChI is InChI=1S/C23H23N3OS.ClH/c27-22-7-3-4-18-14-17(8-9-21(18)26(22)19-5-1-2-6-19)20-15-28-23(25-20)16-10-12-24-13-11-16;/h8-15,19H,1-7H2;1H. The fraction of sp³-hybridized carbons (Fsp3) is 0.348. The highest BCUT2D eigenvalue weighted by Gasteiger charge is 2.31. The number of anilines is 1. The molecule has 5 rings (SSSR count). The number of nitrogens with zero attached hydrogens (tertiary/aromatic N) is 3. The van der Waals surface area contributed by atoms with Crippen molar-refractivity contribution in [1.29, 1.82) is 0 Å². The van der Waals surface area contributed by atoms with Crippen molar-refractivity contribution < 1.29 is 4.79 Å². The van der Waals surface area contributed by atoms with Gasteiger partial charge in [0, 0.05) is 47.1 Å². The van der Waals surface area contributed by atoms with Crippen LogP contribution in [0.1, 0.15) is 44.1 Å². The van der Waals surface area contributed by atoms with Gasteiger partial charge in [0.25, 0.3) is 0 Å². The number of rotatable bonds is 3. The van der Waals surface area contributed by atoms with Crippen molar-refractivity contribution in [2.75, 3.05) is 4.90 Å². The highest BCUT2D eigenvalue weighted by atomic mass is 35.5. The largest absolute Gasteiger partial charge is 0.309 e. The van der Waals surface area contributed by atoms with Gasteiger partial charge in [-0.3, -0.25) is 9.78 Å². The molecular weight excluding hydrogens is 402 g/mol. The predicted octanol–water partition coefficient (Wildman–Crippen LogP) is 5.91. The van der Waals surface area contributed by atoms with Crippen LogP contribution in [0.15, 0.2) is 48.1 Å². The van der Waals surface area contributed by atoms with Crippen molar-refractivity contribution in [1.82, 2.24) is 9.97 Å². The zero-order valence-electron chi connectivity index (χ0n) is 16.2. The number of hydrogen-bond donors (Lipinski definition) is 0. The second-order valence-electron chi connectivity index (χ2n) is 7.67. The summed E-state index contributed by atoms with van der Waals surface area (Å²) in [6.45, 7) is 0. The maximum Gasteiger partial charge on any atom is 0.227 e. The van der Waals surface area contributed by atoms with Crippen LogP contribution in [0.3, 0.4) is 0 Å². The average molecular weight is 426 g/mol. The maximum absolute atomic E-state index is 12.8. The summed E-state index contributed by atoms with van der Waals surface area (Å²) in [6, 6.07) is 10.9. The summed E-state index contributed by atoms with van der Waals surface area (Å²) in [5, 5.41) is 3.13. The van der Waals surface area contributed by atoms with Crippen LogP contribution in [0.5, 0.6) is 0 Å². The van der Waals surface area contributed by atoms with Crippen LogP contribution in [-0.2, 0) is 11.2 Å². The number of aromatic nitrogens is 2. The molecule has 29 heavy (non-hydrogen) atoms. The van der Waals surface area contributed by atoms with Gasteiger partial charge in [0.1, 0.15) is 5.01 Å². The minimum absolute atomic E-state index is 0. The third-order valence-corrected chi connectivity index (χ3v) is 6.75. The minimum Gasteiger partial charge on any atom is -0.309 e. The lowest BCUT2D eigenvalue weighted by Crippen LogP contribution is -2.38. The summed E-state index contributed by atoms with van der Waals surface area (Å²) in [7, 11) is 0. The Bertz CT molecular complexity index is 998. The van der Waals surface area contributed by atoms with Crippen LogP contribution in [0, 0.1) is 0 Å². The van der Waals surface area contributed by atoms with E-state index >= 15 is 0 Å². The molecular formula is C23H24ClN3OS. The van der Waals surface area contributed by atoms with Crippen LogP contribution in [0.25, 0.3) is 21.8 Å². The quantitative estimate of drug-likeness (QED) is 0.524. The van der Waals surface area contributed by atoms with Crippen LogP contribution < -0.4 is 4.90 Å². The topological polar surface area (TPSA) is 46.1 Å². The minimum atomic E-state index is 0. The van der Waals surface area contributed by atoms with E-state index in [0.29, 0.717) is 18.4 Å². The van der Waals surface area contributed by atoms with Crippen LogP contribution in [0.2, 0.25) is 0 Å². The Balaban J connectivity index is 0.00000205. The summed E-state index contributed by atoms with van der Waals surface area (Å²) in [5.41, 5.74) is 5.65. The molecule has 2 aromatic heterocycles. The number of benzene rings is 1. The molecule has 1 fully saturated rings. The summed E-state index contributed by atoms with van der Waals surface area (Å²) in [6.07, 6.45) is 10.9. The van der Waals surface area contributed by atoms with E-state index in [1.165, 1.54) is 18.4 Å². The first-order valence-corrected chi connectivity index (χ1v) is 11.0. The molecule has 0 bridgehead atoms. The van der Waals surface area contributed by atoms with Gasteiger partial charge in [-0.25, -0.2) is 4.98 Å². The van der Waals surface area contributed by atoms with Gasteiger partial charge in [-0.05, 0) is 55.5 Å². The van der Waals surface area contributed by atoms with Crippen molar-refractivity contribution in [2.24, 2.45) is 0 Å². The van der Waals surface area contributed by atoms with Crippen molar-refractivity contribution in [3.63, 3.8) is 0 Å². The summed E-state index contributed by atoms with van der Waals surface area (Å²) in [4.78, 5) is 23.8. The van der Waals surface area contributed by atoms with Gasteiger partial charge in [-0.2, -0.15) is 0 Å². The number of thiazole rings is 1. The third-order valence-electron chi connectivity index (χ3n) is 5.86. The molecule has 6 heteroatoms. The Morgan fingerprint density at radius 3 is 2.55 bits per heavy atom. The Labute approximate surface area is 181 Å². The lowest BCUT2D eigenvalue weighted by molar-refractivity contribution is -0.119. The Hall–Kier alpha value is -2.24. The van der Waals surface area contributed by atoms with Gasteiger partial charge in [0.2, 0.25) is 5.91 Å². The highest BCUT2D eigenvalue weighted by Crippen LogP contribution is 2.37. The van der Waals surface area contributed by atoms with E-state index in [-0.39, 0.29) is 12.4 Å². The van der Waals surface area contributed by atoms with Gasteiger partial charge < -0.3 is 4.90 Å². The lowest BCUT2D eigenvalue weighted by atomic mass is 10.0. The van der Waals surface area contributed by atoms with E-state index in [1.54, 1.807) is 23.7 Å². The second-order valence-corrected chi connectivity index (χ2v) is 8.53. The molecule has 0 N–H and O–H groups in total. The van der Waals surface area contributed by atoms with E-state index in [2.05, 4.69) is 33.5 Å². The molecule has 1 aliphatic carbocycles. The molecule has 0 atom stereocenters. The first kappa shape index (κ1) is 20.0. The Morgan fingerprint density at radius 2 is 1.76 bits per heavy atom. The maximum atomic E-state index is 12.8. The number of pyridine rings is 1. The van der Waals surface area contributed by atoms with E-state index in [4.69, 9.17) is 4.98 Å². The van der Waals surface area contributed by atoms with Crippen molar-refractivity contribution in [3.8, 4) is 21.8 Å². The number of fused-ring (bicyclic) bond motifs is 1. The molecule has 4 nitrogen and oxygen atoms in total. The molecule has 3 aromatic rings. The van der Waals surface area contributed by atoms with Gasteiger partial charge in [0.05, 0.1) is 5.69 Å². The normalized spacial score (nSPS) is 17.0. The first-order chi connectivity index (χ1) is 13.8. The zero-order valence-corrected chi connectivity index (χ0v) is 17.8. The van der Waals surface area contributed by atoms with Gasteiger partial charge in [-0.1, -0.05) is 18.9 Å². The molecule has 3 heterocycles. The predicted molar refractivity (Wildman–Crippen MR) is 121 cm³/mol. The summed E-state index contributed by atoms with van der Waals surface area (Å²) >= 11 is 1.66. The molecule has 1 aliphatic heterocycles. The van der Waals surface area contributed by atoms with Crippen LogP contribution >= 0.6 is 23.7 Å². The number of amides is 1. The molecule has 0 unspecified atom stereocenters. The molecule has 0 spiro atoms. The third kappa shape index (κ3) is 3.94. The fourth-order valence-electron chi connectivity index (χ4n) is 4.46. The monoisotopic (exact) mass is 425 g/mol. The number of carbonyl (C=O) groups is 1. The molecule has 1 amide bonds. The number of carbonyl (C=O) groups excluding carboxylic acids is 1. The molecule has 0 saturated heterocycles. The van der Waals surface area contributed by atoms with Crippen molar-refractivity contribution >= 4 is 35.3 Å². The highest BCUT2D eigenvalue weighted by molar-refractivity contribution is 7.13. The number of aryl methyl sites for hydroxylation is 1. The van der Waals surface area contributed by atoms with Crippen LogP contribution in [0.4, 0.5) is 5.69 Å².